The summed E-state index contributed by atoms with van der Waals surface area (Å²) in [5.74, 6) is 0.602. The molecule has 9 heteroatoms. The van der Waals surface area contributed by atoms with Gasteiger partial charge in [0.05, 0.1) is 16.7 Å². The minimum Gasteiger partial charge on any atom is -0.506 e. The van der Waals surface area contributed by atoms with Crippen molar-refractivity contribution < 1.29 is 19.6 Å². The first kappa shape index (κ1) is 24.6. The minimum absolute atomic E-state index is 0.00162. The van der Waals surface area contributed by atoms with Crippen LogP contribution in [-0.2, 0) is 11.4 Å². The van der Waals surface area contributed by atoms with E-state index in [1.54, 1.807) is 36.4 Å². The van der Waals surface area contributed by atoms with Gasteiger partial charge in [-0.2, -0.15) is 0 Å². The molecular formula is C28H26ClN3O5. The van der Waals surface area contributed by atoms with Crippen molar-refractivity contribution in [1.29, 1.82) is 0 Å². The topological polar surface area (TPSA) is 114 Å². The van der Waals surface area contributed by atoms with Gasteiger partial charge in [0.25, 0.3) is 5.69 Å². The van der Waals surface area contributed by atoms with Crippen LogP contribution in [0.2, 0.25) is 5.02 Å². The standard InChI is InChI=1S/C28H26ClN3O5/c1-28(2)13-22-25(24(34)14-28)26(30-21-7-4-8-23(33)27(21)31-22)19-10-9-18(12-20(19)29)37-15-16-5-3-6-17(11-16)32(35)36/h3-12,26,30-31,33H,13-15H2,1-2H3. The highest BCUT2D eigenvalue weighted by molar-refractivity contribution is 6.31. The van der Waals surface area contributed by atoms with E-state index in [-0.39, 0.29) is 29.2 Å². The molecular weight excluding hydrogens is 494 g/mol. The van der Waals surface area contributed by atoms with Crippen molar-refractivity contribution in [2.75, 3.05) is 10.6 Å². The molecule has 1 aliphatic heterocycles. The molecule has 2 aliphatic rings. The number of benzene rings is 3. The predicted octanol–water partition coefficient (Wildman–Crippen LogP) is 6.75. The number of phenols is 1. The summed E-state index contributed by atoms with van der Waals surface area (Å²) >= 11 is 6.74. The van der Waals surface area contributed by atoms with Crippen LogP contribution in [0.15, 0.2) is 71.9 Å². The SMILES string of the molecule is CC1(C)CC(=O)C2=C(C1)Nc1c(O)cccc1NC2c1ccc(OCc2cccc([N+](=O)[O-])c2)cc1Cl. The Morgan fingerprint density at radius 1 is 1.14 bits per heavy atom. The highest BCUT2D eigenvalue weighted by Gasteiger charge is 2.39. The predicted molar refractivity (Wildman–Crippen MR) is 142 cm³/mol. The van der Waals surface area contributed by atoms with Crippen LogP contribution >= 0.6 is 11.6 Å². The van der Waals surface area contributed by atoms with Crippen molar-refractivity contribution in [2.24, 2.45) is 5.41 Å². The Hall–Kier alpha value is -4.04. The van der Waals surface area contributed by atoms with E-state index in [4.69, 9.17) is 16.3 Å². The van der Waals surface area contributed by atoms with Crippen molar-refractivity contribution in [2.45, 2.75) is 39.3 Å². The number of nitro groups is 1. The fourth-order valence-electron chi connectivity index (χ4n) is 4.94. The van der Waals surface area contributed by atoms with Gasteiger partial charge in [-0.15, -0.1) is 0 Å². The number of ketones is 1. The first-order chi connectivity index (χ1) is 17.6. The number of para-hydroxylation sites is 1. The van der Waals surface area contributed by atoms with Crippen LogP contribution in [0, 0.1) is 15.5 Å². The van der Waals surface area contributed by atoms with E-state index < -0.39 is 11.0 Å². The largest absolute Gasteiger partial charge is 0.506 e. The lowest BCUT2D eigenvalue weighted by Crippen LogP contribution is -2.31. The number of hydrogen-bond acceptors (Lipinski definition) is 7. The average molecular weight is 520 g/mol. The number of anilines is 2. The lowest BCUT2D eigenvalue weighted by Gasteiger charge is -2.34. The zero-order valence-corrected chi connectivity index (χ0v) is 21.1. The van der Waals surface area contributed by atoms with Crippen LogP contribution in [0.5, 0.6) is 11.5 Å². The number of hydrogen-bond donors (Lipinski definition) is 3. The molecule has 3 aromatic carbocycles. The molecule has 3 N–H and O–H groups in total. The Labute approximate surface area is 219 Å². The Balaban J connectivity index is 1.48. The van der Waals surface area contributed by atoms with Gasteiger partial charge in [0, 0.05) is 34.8 Å². The lowest BCUT2D eigenvalue weighted by molar-refractivity contribution is -0.384. The maximum Gasteiger partial charge on any atom is 0.269 e. The number of aromatic hydroxyl groups is 1. The van der Waals surface area contributed by atoms with E-state index in [0.717, 1.165) is 5.70 Å². The number of phenolic OH excluding ortho intramolecular Hbond substituents is 1. The summed E-state index contributed by atoms with van der Waals surface area (Å²) in [5.41, 5.74) is 3.68. The Morgan fingerprint density at radius 2 is 1.92 bits per heavy atom. The number of nitro benzene ring substituents is 1. The van der Waals surface area contributed by atoms with Gasteiger partial charge in [-0.05, 0) is 47.2 Å². The van der Waals surface area contributed by atoms with Gasteiger partial charge in [0.1, 0.15) is 23.8 Å². The molecule has 0 saturated heterocycles. The molecule has 5 rings (SSSR count). The maximum absolute atomic E-state index is 13.4. The normalized spacial score (nSPS) is 18.1. The van der Waals surface area contributed by atoms with E-state index in [1.165, 1.54) is 12.1 Å². The summed E-state index contributed by atoms with van der Waals surface area (Å²) in [6.07, 6.45) is 1.04. The number of carbonyl (C=O) groups excluding carboxylic acids is 1. The molecule has 1 unspecified atom stereocenters. The second-order valence-corrected chi connectivity index (χ2v) is 10.5. The monoisotopic (exact) mass is 519 g/mol. The number of rotatable bonds is 5. The van der Waals surface area contributed by atoms with E-state index >= 15 is 0 Å². The van der Waals surface area contributed by atoms with Crippen LogP contribution in [0.3, 0.4) is 0 Å². The first-order valence-corrected chi connectivity index (χ1v) is 12.3. The molecule has 0 bridgehead atoms. The highest BCUT2D eigenvalue weighted by atomic mass is 35.5. The zero-order valence-electron chi connectivity index (χ0n) is 20.4. The number of nitrogens with zero attached hydrogens (tertiary/aromatic N) is 1. The van der Waals surface area contributed by atoms with Gasteiger partial charge in [-0.3, -0.25) is 14.9 Å². The fraction of sp³-hybridized carbons (Fsp3) is 0.250. The summed E-state index contributed by atoms with van der Waals surface area (Å²) < 4.78 is 5.85. The lowest BCUT2D eigenvalue weighted by atomic mass is 9.73. The van der Waals surface area contributed by atoms with Crippen molar-refractivity contribution >= 4 is 34.4 Å². The molecule has 1 aliphatic carbocycles. The van der Waals surface area contributed by atoms with E-state index in [1.807, 2.05) is 12.1 Å². The molecule has 0 aromatic heterocycles. The molecule has 190 valence electrons. The molecule has 3 aromatic rings. The van der Waals surface area contributed by atoms with Crippen LogP contribution in [-0.4, -0.2) is 15.8 Å². The number of fused-ring (bicyclic) bond motifs is 1. The van der Waals surface area contributed by atoms with E-state index in [9.17, 15) is 20.0 Å². The van der Waals surface area contributed by atoms with Gasteiger partial charge in [-0.1, -0.05) is 49.7 Å². The Kier molecular flexibility index (Phi) is 6.29. The van der Waals surface area contributed by atoms with Gasteiger partial charge in [0.2, 0.25) is 0 Å². The smallest absolute Gasteiger partial charge is 0.269 e. The van der Waals surface area contributed by atoms with Crippen molar-refractivity contribution in [3.63, 3.8) is 0 Å². The molecule has 0 fully saturated rings. The third kappa shape index (κ3) is 4.97. The van der Waals surface area contributed by atoms with Crippen molar-refractivity contribution in [3.8, 4) is 11.5 Å². The quantitative estimate of drug-likeness (QED) is 0.194. The minimum atomic E-state index is -0.535. The molecule has 37 heavy (non-hydrogen) atoms. The molecule has 0 amide bonds. The number of Topliss-reactive ketones (excluding diaryl/α,β-unsaturated/α-hetero) is 1. The van der Waals surface area contributed by atoms with Gasteiger partial charge in [-0.25, -0.2) is 0 Å². The molecule has 0 radical (unpaired) electrons. The summed E-state index contributed by atoms with van der Waals surface area (Å²) in [7, 11) is 0. The van der Waals surface area contributed by atoms with Crippen LogP contribution in [0.1, 0.15) is 43.9 Å². The van der Waals surface area contributed by atoms with Gasteiger partial charge < -0.3 is 20.5 Å². The average Bonchev–Trinajstić information content (AvgIpc) is 3.00. The summed E-state index contributed by atoms with van der Waals surface area (Å²) in [6, 6.07) is 16.2. The Bertz CT molecular complexity index is 1450. The summed E-state index contributed by atoms with van der Waals surface area (Å²) in [5, 5.41) is 28.7. The summed E-state index contributed by atoms with van der Waals surface area (Å²) in [6.45, 7) is 4.24. The first-order valence-electron chi connectivity index (χ1n) is 11.9. The van der Waals surface area contributed by atoms with Crippen molar-refractivity contribution in [3.05, 3.63) is 98.2 Å². The highest BCUT2D eigenvalue weighted by Crippen LogP contribution is 2.48. The number of halogens is 1. The number of ether oxygens (including phenoxy) is 1. The van der Waals surface area contributed by atoms with Crippen LogP contribution < -0.4 is 15.4 Å². The third-order valence-electron chi connectivity index (χ3n) is 6.64. The number of nitrogens with one attached hydrogen (secondary N) is 2. The van der Waals surface area contributed by atoms with Crippen LogP contribution in [0.4, 0.5) is 17.1 Å². The molecule has 1 atom stereocenters. The second kappa shape index (κ2) is 9.44. The zero-order chi connectivity index (χ0) is 26.3. The molecule has 0 spiro atoms. The van der Waals surface area contributed by atoms with E-state index in [0.29, 0.717) is 51.7 Å². The van der Waals surface area contributed by atoms with Gasteiger partial charge in [0.15, 0.2) is 5.78 Å². The van der Waals surface area contributed by atoms with Crippen LogP contribution in [0.25, 0.3) is 0 Å². The summed E-state index contributed by atoms with van der Waals surface area (Å²) in [4.78, 5) is 24.0. The molecule has 0 saturated carbocycles. The second-order valence-electron chi connectivity index (χ2n) is 10.1. The number of allylic oxidation sites excluding steroid dienone is 1. The Morgan fingerprint density at radius 3 is 2.68 bits per heavy atom. The fourth-order valence-corrected chi connectivity index (χ4v) is 5.22. The van der Waals surface area contributed by atoms with Gasteiger partial charge >= 0.3 is 0 Å². The third-order valence-corrected chi connectivity index (χ3v) is 6.96. The molecule has 1 heterocycles. The maximum atomic E-state index is 13.4. The molecule has 8 nitrogen and oxygen atoms in total. The number of non-ortho nitro benzene ring substituents is 1. The van der Waals surface area contributed by atoms with Crippen molar-refractivity contribution in [1.82, 2.24) is 0 Å². The number of carbonyl (C=O) groups is 1. The van der Waals surface area contributed by atoms with E-state index in [2.05, 4.69) is 24.5 Å².